The van der Waals surface area contributed by atoms with Crippen LogP contribution in [-0.4, -0.2) is 55.2 Å². The zero-order valence-electron chi connectivity index (χ0n) is 17.0. The maximum Gasteiger partial charge on any atom is 0.325 e. The van der Waals surface area contributed by atoms with Crippen LogP contribution < -0.4 is 15.2 Å². The Morgan fingerprint density at radius 3 is 3.00 bits per heavy atom. The van der Waals surface area contributed by atoms with Gasteiger partial charge in [-0.25, -0.2) is 10.1 Å². The van der Waals surface area contributed by atoms with Crippen molar-refractivity contribution < 1.29 is 14.6 Å². The van der Waals surface area contributed by atoms with Crippen molar-refractivity contribution in [2.75, 3.05) is 18.0 Å². The third-order valence-electron chi connectivity index (χ3n) is 5.24. The number of carboxylic acid groups (broad SMARTS) is 1. The summed E-state index contributed by atoms with van der Waals surface area (Å²) in [5.74, 6) is -0.485. The monoisotopic (exact) mass is 444 g/mol. The molecule has 10 nitrogen and oxygen atoms in total. The second kappa shape index (κ2) is 8.38. The summed E-state index contributed by atoms with van der Waals surface area (Å²) in [5, 5.41) is 19.7. The van der Waals surface area contributed by atoms with Gasteiger partial charge in [-0.15, -0.1) is 0 Å². The smallest absolute Gasteiger partial charge is 0.325 e. The second-order valence-electron chi connectivity index (χ2n) is 7.35. The van der Waals surface area contributed by atoms with Gasteiger partial charge in [-0.3, -0.25) is 14.3 Å². The third kappa shape index (κ3) is 4.24. The van der Waals surface area contributed by atoms with E-state index >= 15 is 0 Å². The number of ether oxygens (including phenoxy) is 1. The van der Waals surface area contributed by atoms with Gasteiger partial charge < -0.3 is 14.7 Å². The zero-order valence-corrected chi connectivity index (χ0v) is 17.8. The number of aryl methyl sites for hydroxylation is 1. The van der Waals surface area contributed by atoms with Gasteiger partial charge >= 0.3 is 5.97 Å². The van der Waals surface area contributed by atoms with Gasteiger partial charge in [0.1, 0.15) is 17.7 Å². The van der Waals surface area contributed by atoms with E-state index in [1.165, 1.54) is 10.9 Å². The molecule has 0 saturated carbocycles. The van der Waals surface area contributed by atoms with E-state index in [4.69, 9.17) is 21.4 Å². The van der Waals surface area contributed by atoms with Crippen LogP contribution in [0.4, 0.5) is 5.69 Å². The molecule has 11 heteroatoms. The van der Waals surface area contributed by atoms with Gasteiger partial charge in [0.25, 0.3) is 5.56 Å². The Morgan fingerprint density at radius 1 is 1.42 bits per heavy atom. The molecule has 162 valence electrons. The summed E-state index contributed by atoms with van der Waals surface area (Å²) in [6.07, 6.45) is 3.80. The van der Waals surface area contributed by atoms with Gasteiger partial charge in [0.05, 0.1) is 24.1 Å². The SMILES string of the molecule is Cc1nn(CC(=O)O)c(C)c1-c1ccnc(O[C@@H]2CCN(c3cn[nH]c(=O)c3Cl)C2)c1. The highest BCUT2D eigenvalue weighted by Crippen LogP contribution is 2.30. The summed E-state index contributed by atoms with van der Waals surface area (Å²) >= 11 is 6.11. The summed E-state index contributed by atoms with van der Waals surface area (Å²) in [7, 11) is 0. The number of pyridine rings is 1. The van der Waals surface area contributed by atoms with Crippen molar-refractivity contribution >= 4 is 23.3 Å². The predicted molar refractivity (Wildman–Crippen MR) is 114 cm³/mol. The number of aromatic amines is 1. The Kier molecular flexibility index (Phi) is 5.64. The van der Waals surface area contributed by atoms with Crippen molar-refractivity contribution in [3.63, 3.8) is 0 Å². The van der Waals surface area contributed by atoms with Gasteiger partial charge in [-0.1, -0.05) is 11.6 Å². The minimum Gasteiger partial charge on any atom is -0.480 e. The molecule has 1 saturated heterocycles. The number of hydrogen-bond donors (Lipinski definition) is 2. The number of halogens is 1. The summed E-state index contributed by atoms with van der Waals surface area (Å²) in [6.45, 7) is 4.71. The van der Waals surface area contributed by atoms with Crippen LogP contribution in [0, 0.1) is 13.8 Å². The fraction of sp³-hybridized carbons (Fsp3) is 0.350. The van der Waals surface area contributed by atoms with Crippen molar-refractivity contribution in [1.29, 1.82) is 0 Å². The number of anilines is 1. The van der Waals surface area contributed by atoms with E-state index in [2.05, 4.69) is 20.3 Å². The van der Waals surface area contributed by atoms with E-state index in [0.717, 1.165) is 28.9 Å². The van der Waals surface area contributed by atoms with E-state index in [1.807, 2.05) is 30.9 Å². The molecule has 4 heterocycles. The van der Waals surface area contributed by atoms with Crippen LogP contribution in [0.15, 0.2) is 29.3 Å². The first-order chi connectivity index (χ1) is 14.8. The van der Waals surface area contributed by atoms with E-state index in [1.54, 1.807) is 6.20 Å². The molecule has 1 fully saturated rings. The van der Waals surface area contributed by atoms with Crippen molar-refractivity contribution in [3.8, 4) is 17.0 Å². The number of carboxylic acids is 1. The van der Waals surface area contributed by atoms with E-state index < -0.39 is 11.5 Å². The molecular formula is C20H21ClN6O4. The molecule has 0 amide bonds. The van der Waals surface area contributed by atoms with E-state index in [9.17, 15) is 9.59 Å². The normalized spacial score (nSPS) is 16.0. The van der Waals surface area contributed by atoms with Crippen LogP contribution in [0.1, 0.15) is 17.8 Å². The molecule has 0 aromatic carbocycles. The van der Waals surface area contributed by atoms with E-state index in [0.29, 0.717) is 24.7 Å². The quantitative estimate of drug-likeness (QED) is 0.591. The van der Waals surface area contributed by atoms with Crippen LogP contribution >= 0.6 is 11.6 Å². The summed E-state index contributed by atoms with van der Waals surface area (Å²) in [4.78, 5) is 29.0. The number of hydrogen-bond acceptors (Lipinski definition) is 7. The highest BCUT2D eigenvalue weighted by Gasteiger charge is 2.27. The predicted octanol–water partition coefficient (Wildman–Crippen LogP) is 2.04. The second-order valence-corrected chi connectivity index (χ2v) is 7.73. The summed E-state index contributed by atoms with van der Waals surface area (Å²) in [6, 6.07) is 3.67. The molecule has 0 bridgehead atoms. The molecule has 3 aromatic rings. The van der Waals surface area contributed by atoms with Gasteiger partial charge in [-0.2, -0.15) is 10.2 Å². The van der Waals surface area contributed by atoms with Gasteiger partial charge in [0, 0.05) is 36.5 Å². The molecule has 1 aliphatic rings. The van der Waals surface area contributed by atoms with Crippen molar-refractivity contribution in [2.24, 2.45) is 0 Å². The zero-order chi connectivity index (χ0) is 22.1. The number of nitrogens with zero attached hydrogens (tertiary/aromatic N) is 5. The molecule has 31 heavy (non-hydrogen) atoms. The van der Waals surface area contributed by atoms with Crippen molar-refractivity contribution in [3.05, 3.63) is 51.3 Å². The van der Waals surface area contributed by atoms with Crippen molar-refractivity contribution in [2.45, 2.75) is 32.9 Å². The first kappa shape index (κ1) is 20.9. The Hall–Kier alpha value is -3.40. The Labute approximate surface area is 182 Å². The molecule has 4 rings (SSSR count). The number of nitrogens with one attached hydrogen (secondary N) is 1. The Bertz CT molecular complexity index is 1190. The molecule has 2 N–H and O–H groups in total. The van der Waals surface area contributed by atoms with Crippen LogP contribution in [0.5, 0.6) is 5.88 Å². The largest absolute Gasteiger partial charge is 0.480 e. The lowest BCUT2D eigenvalue weighted by molar-refractivity contribution is -0.137. The van der Waals surface area contributed by atoms with Gasteiger partial charge in [0.2, 0.25) is 5.88 Å². The van der Waals surface area contributed by atoms with Crippen molar-refractivity contribution in [1.82, 2.24) is 25.0 Å². The van der Waals surface area contributed by atoms with Crippen LogP contribution in [0.25, 0.3) is 11.1 Å². The van der Waals surface area contributed by atoms with Gasteiger partial charge in [-0.05, 0) is 25.5 Å². The van der Waals surface area contributed by atoms with Gasteiger partial charge in [0.15, 0.2) is 0 Å². The highest BCUT2D eigenvalue weighted by atomic mass is 35.5. The average molecular weight is 445 g/mol. The lowest BCUT2D eigenvalue weighted by Gasteiger charge is -2.19. The maximum atomic E-state index is 11.7. The molecule has 0 unspecified atom stereocenters. The molecule has 1 aliphatic heterocycles. The molecule has 1 atom stereocenters. The Balaban J connectivity index is 1.51. The maximum absolute atomic E-state index is 11.7. The molecule has 0 radical (unpaired) electrons. The fourth-order valence-corrected chi connectivity index (χ4v) is 4.05. The number of carbonyl (C=O) groups is 1. The molecule has 3 aromatic heterocycles. The first-order valence-corrected chi connectivity index (χ1v) is 10.1. The summed E-state index contributed by atoms with van der Waals surface area (Å²) < 4.78 is 7.56. The minimum atomic E-state index is -0.947. The summed E-state index contributed by atoms with van der Waals surface area (Å²) in [5.41, 5.74) is 3.37. The lowest BCUT2D eigenvalue weighted by atomic mass is 10.1. The first-order valence-electron chi connectivity index (χ1n) is 9.70. The lowest BCUT2D eigenvalue weighted by Crippen LogP contribution is -2.26. The molecule has 0 spiro atoms. The standard InChI is InChI=1S/C20H21ClN6O4/c1-11-18(12(2)27(25-11)10-17(28)29)13-3-5-22-16(7-13)31-14-4-6-26(9-14)15-8-23-24-20(30)19(15)21/h3,5,7-8,14H,4,6,9-10H2,1-2H3,(H,24,30)(H,28,29)/t14-/m1/s1. The number of H-pyrrole nitrogens is 1. The topological polar surface area (TPSA) is 126 Å². The van der Waals surface area contributed by atoms with Crippen LogP contribution in [0.2, 0.25) is 5.02 Å². The van der Waals surface area contributed by atoms with Crippen LogP contribution in [-0.2, 0) is 11.3 Å². The van der Waals surface area contributed by atoms with Crippen LogP contribution in [0.3, 0.4) is 0 Å². The number of aromatic nitrogens is 5. The molecule has 0 aliphatic carbocycles. The third-order valence-corrected chi connectivity index (χ3v) is 5.61. The Morgan fingerprint density at radius 2 is 2.23 bits per heavy atom. The highest BCUT2D eigenvalue weighted by molar-refractivity contribution is 6.33. The fourth-order valence-electron chi connectivity index (χ4n) is 3.83. The number of rotatable bonds is 6. The van der Waals surface area contributed by atoms with E-state index in [-0.39, 0.29) is 17.7 Å². The minimum absolute atomic E-state index is 0.111. The molecular weight excluding hydrogens is 424 g/mol. The number of aliphatic carboxylic acids is 1. The average Bonchev–Trinajstić information content (AvgIpc) is 3.28.